The molecule has 0 saturated heterocycles. The van der Waals surface area contributed by atoms with Crippen molar-refractivity contribution < 1.29 is 13.7 Å². The fourth-order valence-corrected chi connectivity index (χ4v) is 2.19. The molecule has 0 radical (unpaired) electrons. The van der Waals surface area contributed by atoms with Crippen molar-refractivity contribution in [2.45, 2.75) is 31.2 Å². The summed E-state index contributed by atoms with van der Waals surface area (Å²) in [5.74, 6) is -2.28. The number of rotatable bonds is 3. The van der Waals surface area contributed by atoms with E-state index < -0.39 is 27.7 Å². The topological polar surface area (TPSA) is 69.2 Å². The van der Waals surface area contributed by atoms with Gasteiger partial charge in [-0.2, -0.15) is 0 Å². The van der Waals surface area contributed by atoms with Crippen LogP contribution in [0, 0.1) is 21.7 Å². The first-order chi connectivity index (χ1) is 7.88. The second kappa shape index (κ2) is 3.73. The molecule has 0 spiro atoms. The molecule has 0 aliphatic heterocycles. The van der Waals surface area contributed by atoms with Gasteiger partial charge in [-0.25, -0.2) is 8.78 Å². The Labute approximate surface area is 96.6 Å². The van der Waals surface area contributed by atoms with Gasteiger partial charge in [-0.3, -0.25) is 10.1 Å². The van der Waals surface area contributed by atoms with E-state index in [4.69, 9.17) is 5.73 Å². The number of nitrogens with zero attached hydrogens (tertiary/aromatic N) is 1. The maximum atomic E-state index is 13.2. The van der Waals surface area contributed by atoms with E-state index in [1.54, 1.807) is 6.92 Å². The second-order valence-corrected chi connectivity index (χ2v) is 4.49. The zero-order valence-electron chi connectivity index (χ0n) is 9.24. The van der Waals surface area contributed by atoms with E-state index in [1.807, 2.05) is 0 Å². The number of nitro groups is 1. The third-order valence-corrected chi connectivity index (χ3v) is 3.43. The summed E-state index contributed by atoms with van der Waals surface area (Å²) in [6.07, 6.45) is 1.33. The van der Waals surface area contributed by atoms with E-state index in [1.165, 1.54) is 0 Å². The lowest BCUT2D eigenvalue weighted by Crippen LogP contribution is -2.32. The fourth-order valence-electron chi connectivity index (χ4n) is 2.19. The average Bonchev–Trinajstić information content (AvgIpc) is 3.02. The smallest absolute Gasteiger partial charge is 0.276 e. The Morgan fingerprint density at radius 3 is 2.35 bits per heavy atom. The number of hydrogen-bond donors (Lipinski definition) is 1. The molecule has 1 atom stereocenters. The quantitative estimate of drug-likeness (QED) is 0.652. The molecule has 1 aromatic carbocycles. The molecular weight excluding hydrogens is 230 g/mol. The van der Waals surface area contributed by atoms with Gasteiger partial charge in [-0.05, 0) is 25.8 Å². The Morgan fingerprint density at radius 2 is 1.94 bits per heavy atom. The Hall–Kier alpha value is -1.56. The summed E-state index contributed by atoms with van der Waals surface area (Å²) in [6.45, 7) is 1.72. The van der Waals surface area contributed by atoms with Crippen LogP contribution < -0.4 is 5.73 Å². The average molecular weight is 242 g/mol. The first-order valence-corrected chi connectivity index (χ1v) is 5.28. The number of hydrogen-bond acceptors (Lipinski definition) is 3. The molecule has 0 amide bonds. The van der Waals surface area contributed by atoms with Gasteiger partial charge < -0.3 is 5.73 Å². The second-order valence-electron chi connectivity index (χ2n) is 4.49. The number of benzene rings is 1. The van der Waals surface area contributed by atoms with Crippen LogP contribution in [0.5, 0.6) is 0 Å². The van der Waals surface area contributed by atoms with Crippen LogP contribution in [0.4, 0.5) is 14.5 Å². The molecule has 0 bridgehead atoms. The van der Waals surface area contributed by atoms with Gasteiger partial charge in [0.1, 0.15) is 0 Å². The van der Waals surface area contributed by atoms with Gasteiger partial charge in [0.25, 0.3) is 5.69 Å². The Morgan fingerprint density at radius 1 is 1.41 bits per heavy atom. The normalized spacial score (nSPS) is 18.8. The predicted octanol–water partition coefficient (Wildman–Crippen LogP) is 2.25. The first-order valence-electron chi connectivity index (χ1n) is 5.28. The SMILES string of the molecule is CC(N)C1(c2cc(F)c(F)cc2[N+](=O)[O-])CC1. The van der Waals surface area contributed by atoms with Crippen LogP contribution in [0.1, 0.15) is 25.3 Å². The van der Waals surface area contributed by atoms with Gasteiger partial charge in [-0.1, -0.05) is 0 Å². The van der Waals surface area contributed by atoms with Crippen molar-refractivity contribution in [2.24, 2.45) is 5.73 Å². The summed E-state index contributed by atoms with van der Waals surface area (Å²) in [5.41, 5.74) is 5.03. The van der Waals surface area contributed by atoms with Crippen LogP contribution in [0.3, 0.4) is 0 Å². The van der Waals surface area contributed by atoms with E-state index in [2.05, 4.69) is 0 Å². The lowest BCUT2D eigenvalue weighted by Gasteiger charge is -2.20. The highest BCUT2D eigenvalue weighted by molar-refractivity contribution is 5.50. The van der Waals surface area contributed by atoms with Crippen molar-refractivity contribution in [3.05, 3.63) is 39.4 Å². The van der Waals surface area contributed by atoms with E-state index in [-0.39, 0.29) is 11.6 Å². The minimum atomic E-state index is -1.21. The molecule has 1 unspecified atom stereocenters. The number of nitrogens with two attached hydrogens (primary N) is 1. The van der Waals surface area contributed by atoms with Gasteiger partial charge in [0, 0.05) is 17.0 Å². The van der Waals surface area contributed by atoms with Crippen molar-refractivity contribution in [3.8, 4) is 0 Å². The molecule has 1 fully saturated rings. The minimum absolute atomic E-state index is 0.205. The highest BCUT2D eigenvalue weighted by Crippen LogP contribution is 2.53. The predicted molar refractivity (Wildman–Crippen MR) is 57.6 cm³/mol. The van der Waals surface area contributed by atoms with Crippen LogP contribution in [-0.4, -0.2) is 11.0 Å². The molecule has 92 valence electrons. The van der Waals surface area contributed by atoms with Gasteiger partial charge in [0.05, 0.1) is 11.0 Å². The summed E-state index contributed by atoms with van der Waals surface area (Å²) in [4.78, 5) is 10.2. The van der Waals surface area contributed by atoms with Crippen LogP contribution in [0.25, 0.3) is 0 Å². The van der Waals surface area contributed by atoms with Crippen molar-refractivity contribution in [3.63, 3.8) is 0 Å². The molecule has 4 nitrogen and oxygen atoms in total. The molecule has 1 aliphatic carbocycles. The molecule has 1 aliphatic rings. The first kappa shape index (κ1) is 11.9. The molecule has 17 heavy (non-hydrogen) atoms. The molecule has 0 heterocycles. The summed E-state index contributed by atoms with van der Waals surface area (Å²) >= 11 is 0. The summed E-state index contributed by atoms with van der Waals surface area (Å²) < 4.78 is 26.2. The van der Waals surface area contributed by atoms with Crippen LogP contribution in [0.2, 0.25) is 0 Å². The zero-order valence-corrected chi connectivity index (χ0v) is 9.24. The molecular formula is C11H12F2N2O2. The van der Waals surface area contributed by atoms with Crippen molar-refractivity contribution in [1.29, 1.82) is 0 Å². The molecule has 1 saturated carbocycles. The number of halogens is 2. The maximum Gasteiger partial charge on any atom is 0.276 e. The third-order valence-electron chi connectivity index (χ3n) is 3.43. The summed E-state index contributed by atoms with van der Waals surface area (Å²) in [7, 11) is 0. The largest absolute Gasteiger partial charge is 0.327 e. The lowest BCUT2D eigenvalue weighted by atomic mass is 9.88. The summed E-state index contributed by atoms with van der Waals surface area (Å²) in [6, 6.07) is 1.21. The Balaban J connectivity index is 2.60. The van der Waals surface area contributed by atoms with Crippen LogP contribution in [-0.2, 0) is 5.41 Å². The van der Waals surface area contributed by atoms with Crippen molar-refractivity contribution in [2.75, 3.05) is 0 Å². The van der Waals surface area contributed by atoms with Gasteiger partial charge in [0.2, 0.25) is 0 Å². The molecule has 2 N–H and O–H groups in total. The Bertz CT molecular complexity index is 485. The highest BCUT2D eigenvalue weighted by atomic mass is 19.2. The summed E-state index contributed by atoms with van der Waals surface area (Å²) in [5, 5.41) is 10.9. The van der Waals surface area contributed by atoms with Crippen molar-refractivity contribution >= 4 is 5.69 Å². The van der Waals surface area contributed by atoms with E-state index in [9.17, 15) is 18.9 Å². The fraction of sp³-hybridized carbons (Fsp3) is 0.455. The van der Waals surface area contributed by atoms with Crippen LogP contribution >= 0.6 is 0 Å². The highest BCUT2D eigenvalue weighted by Gasteiger charge is 2.51. The Kier molecular flexibility index (Phi) is 2.61. The molecule has 6 heteroatoms. The van der Waals surface area contributed by atoms with E-state index in [0.717, 1.165) is 6.07 Å². The van der Waals surface area contributed by atoms with E-state index in [0.29, 0.717) is 18.9 Å². The molecule has 2 rings (SSSR count). The minimum Gasteiger partial charge on any atom is -0.327 e. The molecule has 0 aromatic heterocycles. The van der Waals surface area contributed by atoms with Gasteiger partial charge >= 0.3 is 0 Å². The van der Waals surface area contributed by atoms with Gasteiger partial charge in [-0.15, -0.1) is 0 Å². The van der Waals surface area contributed by atoms with E-state index >= 15 is 0 Å². The van der Waals surface area contributed by atoms with Crippen LogP contribution in [0.15, 0.2) is 12.1 Å². The maximum absolute atomic E-state index is 13.2. The molecule has 1 aromatic rings. The zero-order chi connectivity index (χ0) is 12.8. The van der Waals surface area contributed by atoms with Crippen molar-refractivity contribution in [1.82, 2.24) is 0 Å². The standard InChI is InChI=1S/C11H12F2N2O2/c1-6(14)11(2-3-11)7-4-8(12)9(13)5-10(7)15(16)17/h4-6H,2-3,14H2,1H3. The monoisotopic (exact) mass is 242 g/mol. The lowest BCUT2D eigenvalue weighted by molar-refractivity contribution is -0.386. The third kappa shape index (κ3) is 1.78. The van der Waals surface area contributed by atoms with Gasteiger partial charge in [0.15, 0.2) is 11.6 Å². The number of nitro benzene ring substituents is 1.